The Morgan fingerprint density at radius 3 is 2.74 bits per heavy atom. The van der Waals surface area contributed by atoms with Crippen LogP contribution in [0.2, 0.25) is 0 Å². The van der Waals surface area contributed by atoms with Crippen molar-refractivity contribution in [3.05, 3.63) is 0 Å². The Kier molecular flexibility index (Phi) is 4.04. The highest BCUT2D eigenvalue weighted by atomic mass is 16.2. The molecule has 1 aliphatic heterocycles. The van der Waals surface area contributed by atoms with Crippen LogP contribution >= 0.6 is 0 Å². The number of carbonyl (C=O) groups is 3. The van der Waals surface area contributed by atoms with Crippen molar-refractivity contribution >= 4 is 17.8 Å². The average molecular weight is 269 g/mol. The number of nitrogens with zero attached hydrogens (tertiary/aromatic N) is 1. The molecule has 7 heteroatoms. The summed E-state index contributed by atoms with van der Waals surface area (Å²) in [5.41, 5.74) is 0. The van der Waals surface area contributed by atoms with Gasteiger partial charge in [-0.25, -0.2) is 4.79 Å². The molecule has 1 saturated carbocycles. The highest BCUT2D eigenvalue weighted by Crippen LogP contribution is 2.17. The molecule has 1 aliphatic carbocycles. The second kappa shape index (κ2) is 5.56. The maximum absolute atomic E-state index is 12.1. The molecule has 1 heterocycles. The van der Waals surface area contributed by atoms with Gasteiger partial charge in [0.05, 0.1) is 7.05 Å². The Labute approximate surface area is 112 Å². The summed E-state index contributed by atoms with van der Waals surface area (Å²) >= 11 is 0. The van der Waals surface area contributed by atoms with Crippen molar-refractivity contribution in [3.63, 3.8) is 0 Å². The van der Waals surface area contributed by atoms with Crippen LogP contribution in [-0.2, 0) is 9.59 Å². The fourth-order valence-electron chi connectivity index (χ4n) is 2.04. The van der Waals surface area contributed by atoms with Crippen LogP contribution in [0.4, 0.5) is 4.79 Å². The van der Waals surface area contributed by atoms with Gasteiger partial charge in [-0.3, -0.25) is 14.5 Å². The molecule has 1 unspecified atom stereocenters. The van der Waals surface area contributed by atoms with Crippen LogP contribution in [0, 0.1) is 0 Å². The Balaban J connectivity index is 1.83. The zero-order valence-corrected chi connectivity index (χ0v) is 11.4. The number of nitrogens with one attached hydrogen (secondary N) is 3. The number of imide groups is 1. The van der Waals surface area contributed by atoms with E-state index in [0.717, 1.165) is 17.7 Å². The smallest absolute Gasteiger partial charge is 0.324 e. The van der Waals surface area contributed by atoms with E-state index in [1.54, 1.807) is 14.0 Å². The maximum Gasteiger partial charge on any atom is 0.324 e. The lowest BCUT2D eigenvalue weighted by molar-refractivity contribution is -0.886. The molecule has 3 N–H and O–H groups in total. The van der Waals surface area contributed by atoms with Gasteiger partial charge in [-0.15, -0.1) is 0 Å². The van der Waals surface area contributed by atoms with Crippen LogP contribution in [0.3, 0.4) is 0 Å². The molecular formula is C12H21N4O3+. The summed E-state index contributed by atoms with van der Waals surface area (Å²) in [5, 5.41) is 5.49. The van der Waals surface area contributed by atoms with E-state index in [9.17, 15) is 14.4 Å². The Hall–Kier alpha value is -1.63. The number of hydrogen-bond acceptors (Lipinski definition) is 3. The molecule has 0 bridgehead atoms. The second-order valence-electron chi connectivity index (χ2n) is 5.31. The van der Waals surface area contributed by atoms with Gasteiger partial charge in [0, 0.05) is 19.1 Å². The van der Waals surface area contributed by atoms with E-state index in [-0.39, 0.29) is 24.4 Å². The molecule has 2 aliphatic rings. The topological polar surface area (TPSA) is 83.0 Å². The van der Waals surface area contributed by atoms with Crippen molar-refractivity contribution in [2.24, 2.45) is 0 Å². The van der Waals surface area contributed by atoms with Crippen LogP contribution < -0.4 is 15.5 Å². The lowest BCUT2D eigenvalue weighted by Crippen LogP contribution is -3.15. The predicted molar refractivity (Wildman–Crippen MR) is 67.5 cm³/mol. The van der Waals surface area contributed by atoms with Crippen molar-refractivity contribution in [3.8, 4) is 0 Å². The quantitative estimate of drug-likeness (QED) is 0.526. The van der Waals surface area contributed by atoms with E-state index in [1.165, 1.54) is 4.90 Å². The van der Waals surface area contributed by atoms with Crippen LogP contribution in [0.1, 0.15) is 19.8 Å². The number of amides is 4. The normalized spacial score (nSPS) is 21.8. The summed E-state index contributed by atoms with van der Waals surface area (Å²) in [6.07, 6.45) is 2.10. The third-order valence-electron chi connectivity index (χ3n) is 3.61. The molecule has 0 spiro atoms. The van der Waals surface area contributed by atoms with Crippen LogP contribution in [-0.4, -0.2) is 61.5 Å². The molecule has 0 aromatic heterocycles. The van der Waals surface area contributed by atoms with Crippen molar-refractivity contribution in [2.75, 3.05) is 26.7 Å². The number of quaternary nitrogens is 1. The zero-order valence-electron chi connectivity index (χ0n) is 11.4. The Morgan fingerprint density at radius 2 is 2.21 bits per heavy atom. The third-order valence-corrected chi connectivity index (χ3v) is 3.61. The zero-order chi connectivity index (χ0) is 14.0. The number of carbonyl (C=O) groups excluding carboxylic acids is 3. The standard InChI is InChI=1S/C12H20N4O3/c1-8(11(18)16-6-5-13-12(16)19)15(2)7-10(17)14-9-3-4-9/h8-9H,3-7H2,1-2H3,(H,13,19)(H,14,17)/p+1/t8-/m1/s1. The summed E-state index contributed by atoms with van der Waals surface area (Å²) in [4.78, 5) is 37.2. The van der Waals surface area contributed by atoms with Crippen molar-refractivity contribution in [1.82, 2.24) is 15.5 Å². The summed E-state index contributed by atoms with van der Waals surface area (Å²) in [6, 6.07) is -0.420. The third kappa shape index (κ3) is 3.44. The van der Waals surface area contributed by atoms with Gasteiger partial charge < -0.3 is 15.5 Å². The number of rotatable bonds is 5. The van der Waals surface area contributed by atoms with Crippen LogP contribution in [0.5, 0.6) is 0 Å². The molecule has 19 heavy (non-hydrogen) atoms. The highest BCUT2D eigenvalue weighted by Gasteiger charge is 2.34. The highest BCUT2D eigenvalue weighted by molar-refractivity contribution is 5.97. The molecule has 2 fully saturated rings. The summed E-state index contributed by atoms with van der Waals surface area (Å²) < 4.78 is 0. The van der Waals surface area contributed by atoms with Gasteiger partial charge in [0.2, 0.25) is 0 Å². The Morgan fingerprint density at radius 1 is 1.53 bits per heavy atom. The SMILES string of the molecule is C[C@H](C(=O)N1CCNC1=O)[NH+](C)CC(=O)NC1CC1. The molecule has 0 radical (unpaired) electrons. The minimum Gasteiger partial charge on any atom is -0.348 e. The summed E-state index contributed by atoms with van der Waals surface area (Å²) in [5.74, 6) is -0.266. The van der Waals surface area contributed by atoms with Gasteiger partial charge in [-0.2, -0.15) is 0 Å². The first kappa shape index (κ1) is 13.8. The van der Waals surface area contributed by atoms with E-state index in [0.29, 0.717) is 19.1 Å². The molecular weight excluding hydrogens is 248 g/mol. The monoisotopic (exact) mass is 269 g/mol. The first-order valence-corrected chi connectivity index (χ1v) is 6.70. The van der Waals surface area contributed by atoms with Crippen LogP contribution in [0.25, 0.3) is 0 Å². The van der Waals surface area contributed by atoms with E-state index in [4.69, 9.17) is 0 Å². The molecule has 2 rings (SSSR count). The number of hydrogen-bond donors (Lipinski definition) is 3. The number of likely N-dealkylation sites (N-methyl/N-ethyl adjacent to an activating group) is 1. The molecule has 0 aromatic rings. The summed E-state index contributed by atoms with van der Waals surface area (Å²) in [6.45, 7) is 2.90. The molecule has 106 valence electrons. The van der Waals surface area contributed by atoms with Gasteiger partial charge in [0.1, 0.15) is 0 Å². The number of urea groups is 1. The maximum atomic E-state index is 12.1. The first-order valence-electron chi connectivity index (χ1n) is 6.70. The second-order valence-corrected chi connectivity index (χ2v) is 5.31. The molecule has 7 nitrogen and oxygen atoms in total. The predicted octanol–water partition coefficient (Wildman–Crippen LogP) is -2.28. The minimum atomic E-state index is -0.409. The molecule has 0 aromatic carbocycles. The van der Waals surface area contributed by atoms with Crippen molar-refractivity contribution in [2.45, 2.75) is 31.8 Å². The lowest BCUT2D eigenvalue weighted by atomic mass is 10.2. The molecule has 4 amide bonds. The molecule has 2 atom stereocenters. The van der Waals surface area contributed by atoms with E-state index in [1.807, 2.05) is 0 Å². The van der Waals surface area contributed by atoms with Crippen molar-refractivity contribution in [1.29, 1.82) is 0 Å². The summed E-state index contributed by atoms with van der Waals surface area (Å²) in [7, 11) is 1.79. The van der Waals surface area contributed by atoms with Gasteiger partial charge in [0.15, 0.2) is 12.6 Å². The minimum absolute atomic E-state index is 0.0366. The van der Waals surface area contributed by atoms with Gasteiger partial charge in [-0.1, -0.05) is 0 Å². The van der Waals surface area contributed by atoms with Gasteiger partial charge in [-0.05, 0) is 19.8 Å². The Bertz CT molecular complexity index is 394. The average Bonchev–Trinajstić information content (AvgIpc) is 3.06. The fourth-order valence-corrected chi connectivity index (χ4v) is 2.04. The largest absolute Gasteiger partial charge is 0.348 e. The van der Waals surface area contributed by atoms with E-state index in [2.05, 4.69) is 10.6 Å². The van der Waals surface area contributed by atoms with E-state index >= 15 is 0 Å². The molecule has 1 saturated heterocycles. The lowest BCUT2D eigenvalue weighted by Gasteiger charge is -2.23. The van der Waals surface area contributed by atoms with Gasteiger partial charge in [0.25, 0.3) is 11.8 Å². The fraction of sp³-hybridized carbons (Fsp3) is 0.750. The van der Waals surface area contributed by atoms with Crippen molar-refractivity contribution < 1.29 is 19.3 Å². The van der Waals surface area contributed by atoms with E-state index < -0.39 is 6.04 Å². The van der Waals surface area contributed by atoms with Gasteiger partial charge >= 0.3 is 6.03 Å². The van der Waals surface area contributed by atoms with Crippen LogP contribution in [0.15, 0.2) is 0 Å². The first-order chi connectivity index (χ1) is 8.99.